The molecule has 4 heterocycles. The van der Waals surface area contributed by atoms with Crippen LogP contribution in [-0.2, 0) is 21.0 Å². The first-order valence-corrected chi connectivity index (χ1v) is 10.2. The van der Waals surface area contributed by atoms with Crippen LogP contribution in [0.4, 0.5) is 19.1 Å². The summed E-state index contributed by atoms with van der Waals surface area (Å²) in [6.07, 6.45) is -0.883. The third-order valence-corrected chi connectivity index (χ3v) is 5.00. The second-order valence-electron chi connectivity index (χ2n) is 7.30. The van der Waals surface area contributed by atoms with Crippen LogP contribution in [0, 0.1) is 6.92 Å². The summed E-state index contributed by atoms with van der Waals surface area (Å²) in [5.41, 5.74) is 7.42. The van der Waals surface area contributed by atoms with Crippen LogP contribution >= 0.6 is 0 Å². The molecule has 3 aromatic heterocycles. The summed E-state index contributed by atoms with van der Waals surface area (Å²) in [7, 11) is 0. The number of imidazole rings is 1. The standard InChI is InChI=1S/C18H22N6O3.C2HF3O2/c1-3-26-10-23-6-5-20-15(23)14-8-13-11(2)21-18(19)22-16(13)24(17(14)25)12-4-7-27-9-12;3-2(4,5)1(6)7/h5-6,8,12H,3-4,7,9-10H2,1-2H3,(H2,19,21,22);(H,6,7). The highest BCUT2D eigenvalue weighted by Crippen LogP contribution is 2.27. The lowest BCUT2D eigenvalue weighted by Crippen LogP contribution is -2.28. The van der Waals surface area contributed by atoms with E-state index in [1.807, 2.05) is 18.4 Å². The number of rotatable bonds is 5. The van der Waals surface area contributed by atoms with E-state index in [2.05, 4.69) is 15.0 Å². The fourth-order valence-corrected chi connectivity index (χ4v) is 3.44. The Hall–Kier alpha value is -3.52. The Morgan fingerprint density at radius 1 is 1.38 bits per heavy atom. The Morgan fingerprint density at radius 2 is 2.09 bits per heavy atom. The van der Waals surface area contributed by atoms with Crippen molar-refractivity contribution in [3.8, 4) is 11.4 Å². The van der Waals surface area contributed by atoms with E-state index in [-0.39, 0.29) is 17.5 Å². The second kappa shape index (κ2) is 10.2. The van der Waals surface area contributed by atoms with E-state index in [1.165, 1.54) is 0 Å². The number of carboxylic acid groups (broad SMARTS) is 1. The van der Waals surface area contributed by atoms with Gasteiger partial charge in [-0.25, -0.2) is 14.8 Å². The minimum atomic E-state index is -5.08. The SMILES string of the molecule is CCOCn1ccnc1-c1cc2c(C)nc(N)nc2n(C2CCOC2)c1=O.O=C(O)C(F)(F)F. The maximum absolute atomic E-state index is 13.4. The van der Waals surface area contributed by atoms with Crippen molar-refractivity contribution in [2.75, 3.05) is 25.6 Å². The van der Waals surface area contributed by atoms with Crippen molar-refractivity contribution >= 4 is 23.0 Å². The number of nitrogens with two attached hydrogens (primary N) is 1. The molecule has 3 N–H and O–H groups in total. The number of hydrogen-bond acceptors (Lipinski definition) is 8. The fraction of sp³-hybridized carbons (Fsp3) is 0.450. The molecule has 0 aliphatic carbocycles. The molecule has 1 aliphatic heterocycles. The molecule has 4 rings (SSSR count). The van der Waals surface area contributed by atoms with Gasteiger partial charge in [0.15, 0.2) is 0 Å². The molecular formula is C20H23F3N6O5. The molecule has 0 aromatic carbocycles. The minimum Gasteiger partial charge on any atom is -0.475 e. The number of hydrogen-bond donors (Lipinski definition) is 2. The molecule has 0 spiro atoms. The van der Waals surface area contributed by atoms with Gasteiger partial charge in [0.2, 0.25) is 5.95 Å². The molecule has 1 saturated heterocycles. The predicted octanol–water partition coefficient (Wildman–Crippen LogP) is 2.13. The third-order valence-electron chi connectivity index (χ3n) is 5.00. The van der Waals surface area contributed by atoms with Gasteiger partial charge in [0, 0.05) is 31.0 Å². The summed E-state index contributed by atoms with van der Waals surface area (Å²) in [5.74, 6) is -2.05. The highest BCUT2D eigenvalue weighted by atomic mass is 19.4. The number of alkyl halides is 3. The number of aryl methyl sites for hydroxylation is 1. The Kier molecular flexibility index (Phi) is 7.51. The van der Waals surface area contributed by atoms with Crippen LogP contribution in [0.25, 0.3) is 22.4 Å². The van der Waals surface area contributed by atoms with Gasteiger partial charge in [-0.1, -0.05) is 0 Å². The van der Waals surface area contributed by atoms with Crippen LogP contribution < -0.4 is 11.3 Å². The molecule has 0 bridgehead atoms. The van der Waals surface area contributed by atoms with E-state index >= 15 is 0 Å². The predicted molar refractivity (Wildman–Crippen MR) is 114 cm³/mol. The van der Waals surface area contributed by atoms with Crippen LogP contribution in [0.5, 0.6) is 0 Å². The summed E-state index contributed by atoms with van der Waals surface area (Å²) in [4.78, 5) is 35.3. The Bertz CT molecular complexity index is 1230. The molecule has 0 amide bonds. The highest BCUT2D eigenvalue weighted by molar-refractivity contribution is 5.83. The van der Waals surface area contributed by atoms with Crippen molar-refractivity contribution in [1.82, 2.24) is 24.1 Å². The zero-order valence-electron chi connectivity index (χ0n) is 18.4. The normalized spacial score (nSPS) is 15.9. The van der Waals surface area contributed by atoms with Gasteiger partial charge in [-0.15, -0.1) is 0 Å². The molecule has 0 radical (unpaired) electrons. The highest BCUT2D eigenvalue weighted by Gasteiger charge is 2.38. The van der Waals surface area contributed by atoms with E-state index in [4.69, 9.17) is 25.1 Å². The monoisotopic (exact) mass is 484 g/mol. The lowest BCUT2D eigenvalue weighted by molar-refractivity contribution is -0.192. The van der Waals surface area contributed by atoms with Crippen LogP contribution in [-0.4, -0.2) is 61.2 Å². The number of carboxylic acids is 1. The van der Waals surface area contributed by atoms with Crippen molar-refractivity contribution in [2.24, 2.45) is 0 Å². The molecule has 14 heteroatoms. The van der Waals surface area contributed by atoms with Crippen LogP contribution in [0.3, 0.4) is 0 Å². The Labute approximate surface area is 191 Å². The molecule has 0 saturated carbocycles. The summed E-state index contributed by atoms with van der Waals surface area (Å²) in [6, 6.07) is 1.70. The molecular weight excluding hydrogens is 461 g/mol. The number of aromatic nitrogens is 5. The quantitative estimate of drug-likeness (QED) is 0.556. The number of pyridine rings is 1. The topological polar surface area (TPSA) is 147 Å². The van der Waals surface area contributed by atoms with E-state index in [0.29, 0.717) is 49.3 Å². The first-order chi connectivity index (χ1) is 16.0. The van der Waals surface area contributed by atoms with Crippen molar-refractivity contribution in [1.29, 1.82) is 0 Å². The van der Waals surface area contributed by atoms with Gasteiger partial charge in [-0.3, -0.25) is 9.36 Å². The van der Waals surface area contributed by atoms with Gasteiger partial charge in [0.1, 0.15) is 18.2 Å². The summed E-state index contributed by atoms with van der Waals surface area (Å²) >= 11 is 0. The maximum Gasteiger partial charge on any atom is 0.490 e. The van der Waals surface area contributed by atoms with Crippen LogP contribution in [0.1, 0.15) is 25.1 Å². The lowest BCUT2D eigenvalue weighted by atomic mass is 10.1. The molecule has 1 unspecified atom stereocenters. The molecule has 34 heavy (non-hydrogen) atoms. The van der Waals surface area contributed by atoms with Crippen molar-refractivity contribution in [3.63, 3.8) is 0 Å². The van der Waals surface area contributed by atoms with Gasteiger partial charge < -0.3 is 24.9 Å². The Balaban J connectivity index is 0.000000406. The van der Waals surface area contributed by atoms with Crippen molar-refractivity contribution in [2.45, 2.75) is 39.2 Å². The first kappa shape index (κ1) is 25.1. The average molecular weight is 484 g/mol. The largest absolute Gasteiger partial charge is 0.490 e. The molecule has 1 aliphatic rings. The molecule has 3 aromatic rings. The number of anilines is 1. The Morgan fingerprint density at radius 3 is 2.68 bits per heavy atom. The number of fused-ring (bicyclic) bond motifs is 1. The number of nitrogen functional groups attached to an aromatic ring is 1. The average Bonchev–Trinajstić information content (AvgIpc) is 3.44. The lowest BCUT2D eigenvalue weighted by Gasteiger charge is -2.18. The number of ether oxygens (including phenoxy) is 2. The van der Waals surface area contributed by atoms with Crippen molar-refractivity contribution < 1.29 is 32.5 Å². The summed E-state index contributed by atoms with van der Waals surface area (Å²) in [6.45, 7) is 5.76. The van der Waals surface area contributed by atoms with Gasteiger partial charge in [-0.05, 0) is 26.3 Å². The molecule has 184 valence electrons. The van der Waals surface area contributed by atoms with Gasteiger partial charge >= 0.3 is 12.1 Å². The van der Waals surface area contributed by atoms with E-state index in [1.54, 1.807) is 23.0 Å². The maximum atomic E-state index is 13.4. The van der Waals surface area contributed by atoms with E-state index in [9.17, 15) is 18.0 Å². The first-order valence-electron chi connectivity index (χ1n) is 10.2. The minimum absolute atomic E-state index is 0.0936. The summed E-state index contributed by atoms with van der Waals surface area (Å²) < 4.78 is 46.2. The fourth-order valence-electron chi connectivity index (χ4n) is 3.44. The number of halogens is 3. The van der Waals surface area contributed by atoms with Crippen LogP contribution in [0.15, 0.2) is 23.3 Å². The second-order valence-corrected chi connectivity index (χ2v) is 7.30. The smallest absolute Gasteiger partial charge is 0.475 e. The summed E-state index contributed by atoms with van der Waals surface area (Å²) in [5, 5.41) is 7.90. The van der Waals surface area contributed by atoms with E-state index in [0.717, 1.165) is 11.8 Å². The van der Waals surface area contributed by atoms with Gasteiger partial charge in [0.05, 0.1) is 23.9 Å². The zero-order valence-corrected chi connectivity index (χ0v) is 18.4. The number of aliphatic carboxylic acids is 1. The van der Waals surface area contributed by atoms with E-state index < -0.39 is 12.1 Å². The molecule has 1 fully saturated rings. The molecule has 11 nitrogen and oxygen atoms in total. The van der Waals surface area contributed by atoms with Gasteiger partial charge in [-0.2, -0.15) is 18.2 Å². The molecule has 1 atom stereocenters. The third kappa shape index (κ3) is 5.34. The van der Waals surface area contributed by atoms with Crippen LogP contribution in [0.2, 0.25) is 0 Å². The van der Waals surface area contributed by atoms with Crippen molar-refractivity contribution in [3.05, 3.63) is 34.5 Å². The van der Waals surface area contributed by atoms with Gasteiger partial charge in [0.25, 0.3) is 5.56 Å². The zero-order chi connectivity index (χ0) is 25.0. The number of carbonyl (C=O) groups is 1. The number of nitrogens with zero attached hydrogens (tertiary/aromatic N) is 5.